The number of benzene rings is 3. The number of nitrogens with zero attached hydrogens (tertiary/aromatic N) is 2. The van der Waals surface area contributed by atoms with E-state index in [0.29, 0.717) is 15.6 Å². The third-order valence-corrected chi connectivity index (χ3v) is 8.37. The molecule has 0 heterocycles. The molecule has 0 fully saturated rings. The molecule has 3 aromatic rings. The predicted octanol–water partition coefficient (Wildman–Crippen LogP) is 5.78. The van der Waals surface area contributed by atoms with Gasteiger partial charge in [0.15, 0.2) is 0 Å². The minimum Gasteiger partial charge on any atom is -0.352 e. The van der Waals surface area contributed by atoms with E-state index in [9.17, 15) is 18.0 Å². The van der Waals surface area contributed by atoms with Gasteiger partial charge in [0.25, 0.3) is 10.0 Å². The fraction of sp³-hybridized carbons (Fsp3) is 0.259. The number of halogens is 3. The Labute approximate surface area is 238 Å². The lowest BCUT2D eigenvalue weighted by molar-refractivity contribution is -0.139. The number of carbonyl (C=O) groups excluding carboxylic acids is 2. The van der Waals surface area contributed by atoms with Crippen LogP contribution in [0, 0.1) is 0 Å². The van der Waals surface area contributed by atoms with E-state index < -0.39 is 34.4 Å². The topological polar surface area (TPSA) is 86.8 Å². The lowest BCUT2D eigenvalue weighted by Crippen LogP contribution is -2.52. The van der Waals surface area contributed by atoms with Gasteiger partial charge in [-0.1, -0.05) is 71.2 Å². The number of hydrogen-bond acceptors (Lipinski definition) is 4. The van der Waals surface area contributed by atoms with Crippen molar-refractivity contribution in [3.05, 3.63) is 93.4 Å². The molecule has 3 aromatic carbocycles. The van der Waals surface area contributed by atoms with Gasteiger partial charge in [0.1, 0.15) is 12.6 Å². The second kappa shape index (κ2) is 12.8. The number of rotatable bonds is 10. The summed E-state index contributed by atoms with van der Waals surface area (Å²) in [6, 6.07) is 17.8. The number of anilines is 1. The third kappa shape index (κ3) is 7.20. The van der Waals surface area contributed by atoms with Crippen LogP contribution in [0.2, 0.25) is 15.1 Å². The van der Waals surface area contributed by atoms with Gasteiger partial charge >= 0.3 is 0 Å². The van der Waals surface area contributed by atoms with Crippen molar-refractivity contribution in [3.63, 3.8) is 0 Å². The Morgan fingerprint density at radius 2 is 1.50 bits per heavy atom. The van der Waals surface area contributed by atoms with Crippen molar-refractivity contribution in [1.29, 1.82) is 0 Å². The van der Waals surface area contributed by atoms with Crippen molar-refractivity contribution in [2.75, 3.05) is 10.8 Å². The van der Waals surface area contributed by atoms with Crippen molar-refractivity contribution in [1.82, 2.24) is 10.2 Å². The number of para-hydroxylation sites is 1. The largest absolute Gasteiger partial charge is 0.352 e. The highest BCUT2D eigenvalue weighted by Gasteiger charge is 2.33. The molecule has 202 valence electrons. The molecule has 1 N–H and O–H groups in total. The maximum atomic E-state index is 13.9. The Morgan fingerprint density at radius 3 is 2.11 bits per heavy atom. The fourth-order valence-corrected chi connectivity index (χ4v) is 5.92. The van der Waals surface area contributed by atoms with Gasteiger partial charge in [-0.15, -0.1) is 0 Å². The zero-order chi connectivity index (χ0) is 28.0. The molecule has 0 aliphatic heterocycles. The van der Waals surface area contributed by atoms with Gasteiger partial charge in [0.2, 0.25) is 11.8 Å². The maximum Gasteiger partial charge on any atom is 0.264 e. The highest BCUT2D eigenvalue weighted by atomic mass is 35.5. The molecule has 0 spiro atoms. The SMILES string of the molecule is CC(C)NC(=O)C(C)N(Cc1ccc(Cl)cc1Cl)C(=O)CN(c1ccccc1Cl)S(=O)(=O)c1ccccc1. The molecule has 1 unspecified atom stereocenters. The van der Waals surface area contributed by atoms with E-state index in [1.54, 1.807) is 69.3 Å². The van der Waals surface area contributed by atoms with E-state index in [1.807, 2.05) is 0 Å². The minimum absolute atomic E-state index is 0.00869. The molecule has 3 rings (SSSR count). The average Bonchev–Trinajstić information content (AvgIpc) is 2.87. The molecule has 1 atom stereocenters. The number of carbonyl (C=O) groups is 2. The van der Waals surface area contributed by atoms with E-state index in [-0.39, 0.29) is 28.2 Å². The first kappa shape index (κ1) is 29.8. The summed E-state index contributed by atoms with van der Waals surface area (Å²) in [5, 5.41) is 3.68. The third-order valence-electron chi connectivity index (χ3n) is 5.69. The van der Waals surface area contributed by atoms with Gasteiger partial charge in [0.05, 0.1) is 15.6 Å². The number of hydrogen-bond donors (Lipinski definition) is 1. The Bertz CT molecular complexity index is 1400. The maximum absolute atomic E-state index is 13.9. The molecule has 38 heavy (non-hydrogen) atoms. The molecule has 0 bridgehead atoms. The van der Waals surface area contributed by atoms with Crippen molar-refractivity contribution in [3.8, 4) is 0 Å². The highest BCUT2D eigenvalue weighted by Crippen LogP contribution is 2.31. The Hall–Kier alpha value is -2.78. The summed E-state index contributed by atoms with van der Waals surface area (Å²) in [4.78, 5) is 28.1. The molecule has 7 nitrogen and oxygen atoms in total. The molecule has 2 amide bonds. The van der Waals surface area contributed by atoms with Crippen LogP contribution in [0.4, 0.5) is 5.69 Å². The van der Waals surface area contributed by atoms with Crippen molar-refractivity contribution in [2.45, 2.75) is 44.3 Å². The van der Waals surface area contributed by atoms with Crippen molar-refractivity contribution in [2.24, 2.45) is 0 Å². The second-order valence-electron chi connectivity index (χ2n) is 8.87. The summed E-state index contributed by atoms with van der Waals surface area (Å²) in [5.74, 6) is -1.02. The van der Waals surface area contributed by atoms with Crippen LogP contribution in [0.25, 0.3) is 0 Å². The van der Waals surface area contributed by atoms with E-state index in [1.165, 1.54) is 29.2 Å². The lowest BCUT2D eigenvalue weighted by atomic mass is 10.1. The summed E-state index contributed by atoms with van der Waals surface area (Å²) < 4.78 is 28.4. The van der Waals surface area contributed by atoms with E-state index >= 15 is 0 Å². The first-order chi connectivity index (χ1) is 17.9. The molecule has 0 saturated heterocycles. The van der Waals surface area contributed by atoms with Gasteiger partial charge in [-0.25, -0.2) is 8.42 Å². The minimum atomic E-state index is -4.20. The molecular formula is C27H28Cl3N3O4S. The van der Waals surface area contributed by atoms with Crippen LogP contribution >= 0.6 is 34.8 Å². The Balaban J connectivity index is 2.05. The Morgan fingerprint density at radius 1 is 0.868 bits per heavy atom. The summed E-state index contributed by atoms with van der Waals surface area (Å²) in [7, 11) is -4.20. The van der Waals surface area contributed by atoms with Crippen LogP contribution in [0.1, 0.15) is 26.3 Å². The van der Waals surface area contributed by atoms with E-state index in [2.05, 4.69) is 5.32 Å². The molecule has 11 heteroatoms. The molecule has 0 saturated carbocycles. The van der Waals surface area contributed by atoms with Crippen LogP contribution in [0.5, 0.6) is 0 Å². The van der Waals surface area contributed by atoms with E-state index in [4.69, 9.17) is 34.8 Å². The van der Waals surface area contributed by atoms with Crippen LogP contribution < -0.4 is 9.62 Å². The van der Waals surface area contributed by atoms with Crippen molar-refractivity contribution < 1.29 is 18.0 Å². The van der Waals surface area contributed by atoms with Gasteiger partial charge in [-0.3, -0.25) is 13.9 Å². The van der Waals surface area contributed by atoms with Gasteiger partial charge in [-0.2, -0.15) is 0 Å². The second-order valence-corrected chi connectivity index (χ2v) is 12.0. The first-order valence-electron chi connectivity index (χ1n) is 11.8. The van der Waals surface area contributed by atoms with Gasteiger partial charge < -0.3 is 10.2 Å². The summed E-state index contributed by atoms with van der Waals surface area (Å²) >= 11 is 18.8. The zero-order valence-corrected chi connectivity index (χ0v) is 24.2. The molecule has 0 aliphatic carbocycles. The van der Waals surface area contributed by atoms with Crippen LogP contribution in [-0.2, 0) is 26.2 Å². The lowest BCUT2D eigenvalue weighted by Gasteiger charge is -2.32. The summed E-state index contributed by atoms with van der Waals surface area (Å²) in [5.41, 5.74) is 0.680. The number of nitrogens with one attached hydrogen (secondary N) is 1. The summed E-state index contributed by atoms with van der Waals surface area (Å²) in [6.07, 6.45) is 0. The Kier molecular flexibility index (Phi) is 10.1. The first-order valence-corrected chi connectivity index (χ1v) is 14.3. The van der Waals surface area contributed by atoms with Crippen molar-refractivity contribution >= 4 is 62.3 Å². The standard InChI is InChI=1S/C27H28Cl3N3O4S/c1-18(2)31-27(35)19(3)32(16-20-13-14-21(28)15-24(20)30)26(34)17-33(25-12-8-7-11-23(25)29)38(36,37)22-9-5-4-6-10-22/h4-15,18-19H,16-17H2,1-3H3,(H,31,35). The molecular weight excluding hydrogens is 569 g/mol. The molecule has 0 aromatic heterocycles. The van der Waals surface area contributed by atoms with Crippen LogP contribution in [0.3, 0.4) is 0 Å². The number of amides is 2. The van der Waals surface area contributed by atoms with Crippen LogP contribution in [0.15, 0.2) is 77.7 Å². The molecule has 0 radical (unpaired) electrons. The average molecular weight is 597 g/mol. The smallest absolute Gasteiger partial charge is 0.264 e. The highest BCUT2D eigenvalue weighted by molar-refractivity contribution is 7.92. The molecule has 0 aliphatic rings. The summed E-state index contributed by atoms with van der Waals surface area (Å²) in [6.45, 7) is 4.52. The van der Waals surface area contributed by atoms with E-state index in [0.717, 1.165) is 4.31 Å². The van der Waals surface area contributed by atoms with Gasteiger partial charge in [0, 0.05) is 22.6 Å². The number of sulfonamides is 1. The normalized spacial score (nSPS) is 12.2. The zero-order valence-electron chi connectivity index (χ0n) is 21.1. The monoisotopic (exact) mass is 595 g/mol. The fourth-order valence-electron chi connectivity index (χ4n) is 3.71. The van der Waals surface area contributed by atoms with Gasteiger partial charge in [-0.05, 0) is 62.7 Å². The van der Waals surface area contributed by atoms with Crippen LogP contribution in [-0.4, -0.2) is 43.8 Å². The predicted molar refractivity (Wildman–Crippen MR) is 152 cm³/mol. The quantitative estimate of drug-likeness (QED) is 0.321.